The fourth-order valence-corrected chi connectivity index (χ4v) is 7.23. The minimum atomic E-state index is -0.611. The summed E-state index contributed by atoms with van der Waals surface area (Å²) < 4.78 is 25.2. The monoisotopic (exact) mass is 622 g/mol. The zero-order valence-electron chi connectivity index (χ0n) is 27.4. The third kappa shape index (κ3) is 5.52. The Balaban J connectivity index is 1.50. The van der Waals surface area contributed by atoms with Gasteiger partial charge in [0.15, 0.2) is 5.69 Å². The molecule has 0 saturated heterocycles. The van der Waals surface area contributed by atoms with Crippen molar-refractivity contribution < 1.29 is 28.3 Å². The topological polar surface area (TPSA) is 92.8 Å². The van der Waals surface area contributed by atoms with E-state index >= 15 is 0 Å². The van der Waals surface area contributed by atoms with E-state index in [1.165, 1.54) is 24.8 Å². The summed E-state index contributed by atoms with van der Waals surface area (Å²) in [5.74, 6) is 1.26. The van der Waals surface area contributed by atoms with Gasteiger partial charge in [-0.3, -0.25) is 0 Å². The molecule has 240 valence electrons. The molecule has 0 unspecified atom stereocenters. The van der Waals surface area contributed by atoms with Crippen LogP contribution in [0.2, 0.25) is 0 Å². The van der Waals surface area contributed by atoms with Crippen LogP contribution in [0, 0.1) is 0 Å². The maximum atomic E-state index is 13.3. The van der Waals surface area contributed by atoms with Gasteiger partial charge in [0.1, 0.15) is 17.1 Å². The van der Waals surface area contributed by atoms with Gasteiger partial charge < -0.3 is 23.3 Å². The molecule has 0 bridgehead atoms. The Hall–Kier alpha value is -4.33. The Kier molecular flexibility index (Phi) is 7.78. The fraction of sp³-hybridized carbons (Fsp3) is 0.447. The highest BCUT2D eigenvalue weighted by Crippen LogP contribution is 2.50. The summed E-state index contributed by atoms with van der Waals surface area (Å²) in [6, 6.07) is 12.2. The van der Waals surface area contributed by atoms with Gasteiger partial charge in [-0.15, -0.1) is 0 Å². The van der Waals surface area contributed by atoms with Crippen molar-refractivity contribution in [3.63, 3.8) is 0 Å². The first kappa shape index (κ1) is 30.3. The van der Waals surface area contributed by atoms with Gasteiger partial charge in [0.2, 0.25) is 0 Å². The summed E-state index contributed by atoms with van der Waals surface area (Å²) >= 11 is 0. The van der Waals surface area contributed by atoms with E-state index in [4.69, 9.17) is 18.7 Å². The Bertz CT molecular complexity index is 1860. The maximum absolute atomic E-state index is 13.3. The number of esters is 2. The molecule has 0 amide bonds. The van der Waals surface area contributed by atoms with Crippen LogP contribution >= 0.6 is 0 Å². The van der Waals surface area contributed by atoms with Gasteiger partial charge in [0.05, 0.1) is 30.5 Å². The smallest absolute Gasteiger partial charge is 0.361 e. The van der Waals surface area contributed by atoms with Crippen LogP contribution in [0.5, 0.6) is 5.75 Å². The summed E-state index contributed by atoms with van der Waals surface area (Å²) in [5.41, 5.74) is 7.27. The second-order valence-corrected chi connectivity index (χ2v) is 13.8. The summed E-state index contributed by atoms with van der Waals surface area (Å²) in [6.07, 6.45) is 10.0. The van der Waals surface area contributed by atoms with Gasteiger partial charge in [-0.25, -0.2) is 9.59 Å². The molecule has 0 radical (unpaired) electrons. The molecule has 2 aromatic heterocycles. The highest BCUT2D eigenvalue weighted by atomic mass is 16.6. The minimum absolute atomic E-state index is 0.210. The lowest BCUT2D eigenvalue weighted by molar-refractivity contribution is 0.00693. The van der Waals surface area contributed by atoms with E-state index in [2.05, 4.69) is 34.0 Å². The van der Waals surface area contributed by atoms with E-state index in [1.54, 1.807) is 14.0 Å². The molecular formula is C38H42N2O6. The van der Waals surface area contributed by atoms with Crippen molar-refractivity contribution in [2.24, 2.45) is 0 Å². The van der Waals surface area contributed by atoms with Gasteiger partial charge in [-0.1, -0.05) is 30.5 Å². The lowest BCUT2D eigenvalue weighted by Crippen LogP contribution is -2.23. The second kappa shape index (κ2) is 11.8. The van der Waals surface area contributed by atoms with Crippen LogP contribution in [0.3, 0.4) is 0 Å². The molecule has 2 aromatic carbocycles. The van der Waals surface area contributed by atoms with E-state index in [0.29, 0.717) is 23.6 Å². The molecule has 2 saturated carbocycles. The highest BCUT2D eigenvalue weighted by Gasteiger charge is 2.37. The Labute approximate surface area is 269 Å². The number of hydrogen-bond acceptors (Lipinski definition) is 7. The number of carbonyl (C=O) groups excluding carboxylic acids is 2. The van der Waals surface area contributed by atoms with E-state index in [1.807, 2.05) is 39.0 Å². The van der Waals surface area contributed by atoms with Crippen molar-refractivity contribution in [2.45, 2.75) is 96.6 Å². The first-order chi connectivity index (χ1) is 22.2. The molecule has 7 rings (SSSR count). The number of fused-ring (bicyclic) bond motifs is 5. The van der Waals surface area contributed by atoms with Crippen molar-refractivity contribution in [3.05, 3.63) is 70.1 Å². The first-order valence-corrected chi connectivity index (χ1v) is 16.6. The summed E-state index contributed by atoms with van der Waals surface area (Å²) in [7, 11) is 1.68. The number of allylic oxidation sites excluding steroid dienone is 1. The van der Waals surface area contributed by atoms with Crippen molar-refractivity contribution in [1.82, 2.24) is 9.72 Å². The Morgan fingerprint density at radius 2 is 1.76 bits per heavy atom. The predicted molar refractivity (Wildman–Crippen MR) is 177 cm³/mol. The normalized spacial score (nSPS) is 16.8. The van der Waals surface area contributed by atoms with Gasteiger partial charge in [0.25, 0.3) is 0 Å². The summed E-state index contributed by atoms with van der Waals surface area (Å²) in [4.78, 5) is 26.6. The van der Waals surface area contributed by atoms with E-state index < -0.39 is 11.6 Å². The maximum Gasteiger partial charge on any atom is 0.361 e. The average Bonchev–Trinajstić information content (AvgIpc) is 3.74. The van der Waals surface area contributed by atoms with Crippen molar-refractivity contribution in [1.29, 1.82) is 0 Å². The number of hydrogen-bond donors (Lipinski definition) is 0. The van der Waals surface area contributed by atoms with Crippen LogP contribution in [0.1, 0.15) is 128 Å². The highest BCUT2D eigenvalue weighted by molar-refractivity contribution is 6.03. The standard InChI is InChI=1S/C38H42N2O6/c1-6-44-37(42)33-32(35(46-39-33)23-12-13-23)26-18-25-19-27(43-5)15-17-28(25)34-31(22-10-8-7-9-11-22)29-16-14-24(20-30(29)40(34)21-26)36(41)45-38(2,3)4/h14-20,22-23H,6-13,21H2,1-5H3. The SMILES string of the molecule is CCOC(=O)c1noc(C2CC2)c1C1=Cc2cc(OC)ccc2-c2c(C3CCCCC3)c3ccc(C(=O)OC(C)(C)C)cc3n2C1. The number of aromatic nitrogens is 2. The van der Waals surface area contributed by atoms with Crippen LogP contribution in [0.25, 0.3) is 33.8 Å². The second-order valence-electron chi connectivity index (χ2n) is 13.8. The third-order valence-electron chi connectivity index (χ3n) is 9.38. The van der Waals surface area contributed by atoms with E-state index in [0.717, 1.165) is 70.5 Å². The molecule has 2 fully saturated rings. The van der Waals surface area contributed by atoms with Gasteiger partial charge in [-0.05, 0) is 112 Å². The van der Waals surface area contributed by atoms with Crippen LogP contribution in [-0.4, -0.2) is 41.0 Å². The molecule has 3 aliphatic rings. The van der Waals surface area contributed by atoms with Gasteiger partial charge in [0, 0.05) is 28.9 Å². The van der Waals surface area contributed by atoms with Crippen LogP contribution < -0.4 is 4.74 Å². The number of nitrogens with zero attached hydrogens (tertiary/aromatic N) is 2. The van der Waals surface area contributed by atoms with E-state index in [-0.39, 0.29) is 24.2 Å². The Morgan fingerprint density at radius 3 is 2.46 bits per heavy atom. The number of methoxy groups -OCH3 is 1. The first-order valence-electron chi connectivity index (χ1n) is 16.6. The fourth-order valence-electron chi connectivity index (χ4n) is 7.23. The summed E-state index contributed by atoms with van der Waals surface area (Å²) in [6.45, 7) is 8.14. The number of ether oxygens (including phenoxy) is 3. The average molecular weight is 623 g/mol. The Morgan fingerprint density at radius 1 is 0.978 bits per heavy atom. The third-order valence-corrected chi connectivity index (χ3v) is 9.38. The van der Waals surface area contributed by atoms with Crippen molar-refractivity contribution in [3.8, 4) is 17.0 Å². The van der Waals surface area contributed by atoms with E-state index in [9.17, 15) is 9.59 Å². The molecule has 0 spiro atoms. The zero-order chi connectivity index (χ0) is 32.2. The van der Waals surface area contributed by atoms with Crippen molar-refractivity contribution >= 4 is 34.5 Å². The van der Waals surface area contributed by atoms with Crippen LogP contribution in [0.4, 0.5) is 0 Å². The molecule has 0 atom stereocenters. The molecule has 3 heterocycles. The number of rotatable bonds is 7. The lowest BCUT2D eigenvalue weighted by atomic mass is 9.81. The molecule has 4 aromatic rings. The van der Waals surface area contributed by atoms with Crippen molar-refractivity contribution in [2.75, 3.05) is 13.7 Å². The predicted octanol–water partition coefficient (Wildman–Crippen LogP) is 8.92. The minimum Gasteiger partial charge on any atom is -0.497 e. The molecule has 46 heavy (non-hydrogen) atoms. The molecule has 1 aliphatic heterocycles. The molecule has 2 aliphatic carbocycles. The zero-order valence-corrected chi connectivity index (χ0v) is 27.4. The largest absolute Gasteiger partial charge is 0.497 e. The molecular weight excluding hydrogens is 580 g/mol. The summed E-state index contributed by atoms with van der Waals surface area (Å²) in [5, 5.41) is 5.42. The molecule has 8 heteroatoms. The number of benzene rings is 2. The molecule has 0 N–H and O–H groups in total. The van der Waals surface area contributed by atoms with Gasteiger partial charge >= 0.3 is 11.9 Å². The van der Waals surface area contributed by atoms with Crippen LogP contribution in [-0.2, 0) is 16.0 Å². The molecule has 8 nitrogen and oxygen atoms in total. The number of carbonyl (C=O) groups is 2. The lowest BCUT2D eigenvalue weighted by Gasteiger charge is -2.24. The van der Waals surface area contributed by atoms with Crippen LogP contribution in [0.15, 0.2) is 40.9 Å². The quantitative estimate of drug-likeness (QED) is 0.190. The van der Waals surface area contributed by atoms with Gasteiger partial charge in [-0.2, -0.15) is 0 Å².